The molecule has 5 heteroatoms. The molecule has 0 unspecified atom stereocenters. The fourth-order valence-electron chi connectivity index (χ4n) is 4.17. The summed E-state index contributed by atoms with van der Waals surface area (Å²) < 4.78 is 0. The van der Waals surface area contributed by atoms with E-state index in [1.165, 1.54) is 0 Å². The van der Waals surface area contributed by atoms with E-state index in [0.29, 0.717) is 25.9 Å². The van der Waals surface area contributed by atoms with Gasteiger partial charge >= 0.3 is 0 Å². The molecule has 2 amide bonds. The van der Waals surface area contributed by atoms with E-state index < -0.39 is 5.41 Å². The number of rotatable bonds is 6. The molecule has 1 N–H and O–H groups in total. The zero-order valence-corrected chi connectivity index (χ0v) is 16.8. The van der Waals surface area contributed by atoms with Gasteiger partial charge in [0.15, 0.2) is 0 Å². The number of hydrogen-bond donors (Lipinski definition) is 1. The summed E-state index contributed by atoms with van der Waals surface area (Å²) in [5, 5.41) is 3.02. The zero-order chi connectivity index (χ0) is 20.0. The number of carbonyl (C=O) groups is 2. The van der Waals surface area contributed by atoms with Crippen LogP contribution in [0.25, 0.3) is 11.1 Å². The predicted octanol–water partition coefficient (Wildman–Crippen LogP) is 3.45. The smallest absolute Gasteiger partial charge is 0.228 e. The number of piperidine rings is 1. The average Bonchev–Trinajstić information content (AvgIpc) is 2.74. The van der Waals surface area contributed by atoms with Gasteiger partial charge in [-0.1, -0.05) is 37.3 Å². The Labute approximate surface area is 167 Å². The average molecular weight is 380 g/mol. The van der Waals surface area contributed by atoms with Gasteiger partial charge in [0.1, 0.15) is 0 Å². The van der Waals surface area contributed by atoms with Crippen LogP contribution in [0.5, 0.6) is 0 Å². The normalized spacial score (nSPS) is 19.3. The maximum Gasteiger partial charge on any atom is 0.228 e. The van der Waals surface area contributed by atoms with Crippen LogP contribution in [0, 0.1) is 5.41 Å². The molecule has 0 aliphatic carbocycles. The maximum absolute atomic E-state index is 13.2. The molecule has 0 bridgehead atoms. The highest BCUT2D eigenvalue weighted by Crippen LogP contribution is 2.37. The fraction of sp³-hybridized carbons (Fsp3) is 0.435. The van der Waals surface area contributed by atoms with Crippen LogP contribution in [-0.4, -0.2) is 41.3 Å². The molecule has 1 fully saturated rings. The Hall–Kier alpha value is -2.69. The van der Waals surface area contributed by atoms with Crippen molar-refractivity contribution in [2.75, 3.05) is 19.6 Å². The molecule has 0 saturated carbocycles. The van der Waals surface area contributed by atoms with Gasteiger partial charge in [-0.15, -0.1) is 0 Å². The Balaban J connectivity index is 1.97. The van der Waals surface area contributed by atoms with Gasteiger partial charge < -0.3 is 10.2 Å². The maximum atomic E-state index is 13.2. The molecule has 1 aromatic carbocycles. The molecule has 0 spiro atoms. The van der Waals surface area contributed by atoms with Gasteiger partial charge in [0.05, 0.1) is 5.41 Å². The molecule has 0 radical (unpaired) electrons. The number of aromatic nitrogens is 1. The van der Waals surface area contributed by atoms with Crippen molar-refractivity contribution in [3.8, 4) is 11.1 Å². The Bertz CT molecular complexity index is 822. The van der Waals surface area contributed by atoms with Crippen LogP contribution in [0.2, 0.25) is 0 Å². The number of likely N-dealkylation sites (tertiary alicyclic amines) is 1. The summed E-state index contributed by atoms with van der Waals surface area (Å²) in [5.41, 5.74) is 2.66. The lowest BCUT2D eigenvalue weighted by atomic mass is 9.73. The molecule has 2 heterocycles. The first-order valence-corrected chi connectivity index (χ1v) is 10.1. The highest BCUT2D eigenvalue weighted by atomic mass is 16.2. The van der Waals surface area contributed by atoms with E-state index in [9.17, 15) is 9.59 Å². The SMILES string of the molecule is CCNC(=O)[C@]1(Cc2ccccc2-c2cccnc2)CCCN(C(=O)CC)C1. The Morgan fingerprint density at radius 3 is 2.71 bits per heavy atom. The van der Waals surface area contributed by atoms with Crippen molar-refractivity contribution in [1.82, 2.24) is 15.2 Å². The number of pyridine rings is 1. The first kappa shape index (κ1) is 20.1. The lowest BCUT2D eigenvalue weighted by molar-refractivity contribution is -0.141. The molecule has 5 nitrogen and oxygen atoms in total. The topological polar surface area (TPSA) is 62.3 Å². The lowest BCUT2D eigenvalue weighted by Gasteiger charge is -2.42. The van der Waals surface area contributed by atoms with Gasteiger partial charge in [-0.05, 0) is 43.4 Å². The van der Waals surface area contributed by atoms with E-state index in [2.05, 4.69) is 22.4 Å². The monoisotopic (exact) mass is 379 g/mol. The van der Waals surface area contributed by atoms with Crippen molar-refractivity contribution in [3.05, 3.63) is 54.4 Å². The minimum Gasteiger partial charge on any atom is -0.356 e. The number of carbonyl (C=O) groups excluding carboxylic acids is 2. The highest BCUT2D eigenvalue weighted by Gasteiger charge is 2.43. The van der Waals surface area contributed by atoms with Gasteiger partial charge in [0.2, 0.25) is 11.8 Å². The quantitative estimate of drug-likeness (QED) is 0.836. The summed E-state index contributed by atoms with van der Waals surface area (Å²) in [5.74, 6) is 0.165. The first-order valence-electron chi connectivity index (χ1n) is 10.1. The molecular weight excluding hydrogens is 350 g/mol. The van der Waals surface area contributed by atoms with E-state index in [0.717, 1.165) is 36.1 Å². The summed E-state index contributed by atoms with van der Waals surface area (Å²) in [7, 11) is 0. The number of amides is 2. The van der Waals surface area contributed by atoms with E-state index in [-0.39, 0.29) is 11.8 Å². The van der Waals surface area contributed by atoms with E-state index in [1.54, 1.807) is 6.20 Å². The van der Waals surface area contributed by atoms with Gasteiger partial charge in [0.25, 0.3) is 0 Å². The second kappa shape index (κ2) is 9.00. The van der Waals surface area contributed by atoms with E-state index in [1.807, 2.05) is 49.2 Å². The standard InChI is InChI=1S/C23H29N3O2/c1-3-21(27)26-14-8-12-23(17-26,22(28)25-4-2)15-18-9-5-6-11-20(18)19-10-7-13-24-16-19/h5-7,9-11,13,16H,3-4,8,12,14-15,17H2,1-2H3,(H,25,28)/t23-/m0/s1. The van der Waals surface area contributed by atoms with Crippen LogP contribution in [0.4, 0.5) is 0 Å². The van der Waals surface area contributed by atoms with Crippen LogP contribution >= 0.6 is 0 Å². The van der Waals surface area contributed by atoms with Gasteiger partial charge in [-0.2, -0.15) is 0 Å². The minimum atomic E-state index is -0.600. The Morgan fingerprint density at radius 1 is 1.18 bits per heavy atom. The molecule has 1 saturated heterocycles. The third-order valence-corrected chi connectivity index (χ3v) is 5.57. The summed E-state index contributed by atoms with van der Waals surface area (Å²) in [6.45, 7) is 5.62. The largest absolute Gasteiger partial charge is 0.356 e. The van der Waals surface area contributed by atoms with Crippen LogP contribution < -0.4 is 5.32 Å². The predicted molar refractivity (Wildman–Crippen MR) is 111 cm³/mol. The van der Waals surface area contributed by atoms with Crippen molar-refractivity contribution in [2.24, 2.45) is 5.41 Å². The molecule has 1 aromatic heterocycles. The number of benzene rings is 1. The molecule has 148 valence electrons. The third-order valence-electron chi connectivity index (χ3n) is 5.57. The Kier molecular flexibility index (Phi) is 6.45. The fourth-order valence-corrected chi connectivity index (χ4v) is 4.17. The lowest BCUT2D eigenvalue weighted by Crippen LogP contribution is -2.54. The van der Waals surface area contributed by atoms with Crippen molar-refractivity contribution in [1.29, 1.82) is 0 Å². The summed E-state index contributed by atoms with van der Waals surface area (Å²) in [6, 6.07) is 12.2. The van der Waals surface area contributed by atoms with Crippen molar-refractivity contribution >= 4 is 11.8 Å². The molecule has 3 rings (SSSR count). The summed E-state index contributed by atoms with van der Waals surface area (Å²) in [4.78, 5) is 31.6. The van der Waals surface area contributed by atoms with Gasteiger partial charge in [0, 0.05) is 44.0 Å². The van der Waals surface area contributed by atoms with E-state index >= 15 is 0 Å². The van der Waals surface area contributed by atoms with E-state index in [4.69, 9.17) is 0 Å². The molecule has 1 aliphatic heterocycles. The summed E-state index contributed by atoms with van der Waals surface area (Å²) in [6.07, 6.45) is 6.32. The van der Waals surface area contributed by atoms with Crippen LogP contribution in [-0.2, 0) is 16.0 Å². The van der Waals surface area contributed by atoms with Crippen LogP contribution in [0.1, 0.15) is 38.7 Å². The second-order valence-corrected chi connectivity index (χ2v) is 7.49. The van der Waals surface area contributed by atoms with Crippen LogP contribution in [0.15, 0.2) is 48.8 Å². The highest BCUT2D eigenvalue weighted by molar-refractivity contribution is 5.85. The minimum absolute atomic E-state index is 0.0459. The first-order chi connectivity index (χ1) is 13.6. The van der Waals surface area contributed by atoms with Crippen LogP contribution in [0.3, 0.4) is 0 Å². The molecule has 1 aliphatic rings. The number of nitrogens with one attached hydrogen (secondary N) is 1. The van der Waals surface area contributed by atoms with Gasteiger partial charge in [-0.25, -0.2) is 0 Å². The second-order valence-electron chi connectivity index (χ2n) is 7.49. The van der Waals surface area contributed by atoms with Gasteiger partial charge in [-0.3, -0.25) is 14.6 Å². The molecule has 28 heavy (non-hydrogen) atoms. The third kappa shape index (κ3) is 4.24. The Morgan fingerprint density at radius 2 is 2.00 bits per heavy atom. The van der Waals surface area contributed by atoms with Crippen molar-refractivity contribution in [3.63, 3.8) is 0 Å². The van der Waals surface area contributed by atoms with Crippen molar-refractivity contribution < 1.29 is 9.59 Å². The summed E-state index contributed by atoms with van der Waals surface area (Å²) >= 11 is 0. The molecular formula is C23H29N3O2. The molecule has 1 atom stereocenters. The number of hydrogen-bond acceptors (Lipinski definition) is 3. The molecule has 2 aromatic rings. The number of nitrogens with zero attached hydrogens (tertiary/aromatic N) is 2. The van der Waals surface area contributed by atoms with Crippen molar-refractivity contribution in [2.45, 2.75) is 39.5 Å². The zero-order valence-electron chi connectivity index (χ0n) is 16.8.